The fourth-order valence-corrected chi connectivity index (χ4v) is 1.71. The van der Waals surface area contributed by atoms with E-state index in [0.29, 0.717) is 5.84 Å². The van der Waals surface area contributed by atoms with Crippen molar-refractivity contribution in [3.05, 3.63) is 0 Å². The summed E-state index contributed by atoms with van der Waals surface area (Å²) < 4.78 is 0. The average molecular weight is 199 g/mol. The molecule has 0 unspecified atom stereocenters. The second-order valence-electron chi connectivity index (χ2n) is 4.67. The third-order valence-electron chi connectivity index (χ3n) is 3.05. The number of nitrogens with two attached hydrogens (primary N) is 1. The van der Waals surface area contributed by atoms with Gasteiger partial charge in [0.2, 0.25) is 0 Å². The van der Waals surface area contributed by atoms with Crippen LogP contribution in [0.1, 0.15) is 33.1 Å². The molecule has 1 aliphatic rings. The standard InChI is InChI=1S/C10H21N3O/c1-10(2,9(11)12-14)5-8-13-6-3-4-7-13/h14H,3-8H2,1-2H3,(H2,11,12). The van der Waals surface area contributed by atoms with Crippen molar-refractivity contribution in [1.82, 2.24) is 4.90 Å². The van der Waals surface area contributed by atoms with E-state index in [1.807, 2.05) is 13.8 Å². The van der Waals surface area contributed by atoms with Crippen molar-refractivity contribution in [3.63, 3.8) is 0 Å². The summed E-state index contributed by atoms with van der Waals surface area (Å²) in [6, 6.07) is 0. The van der Waals surface area contributed by atoms with Crippen LogP contribution >= 0.6 is 0 Å². The van der Waals surface area contributed by atoms with Gasteiger partial charge in [-0.05, 0) is 38.9 Å². The lowest BCUT2D eigenvalue weighted by Crippen LogP contribution is -2.35. The molecule has 0 aromatic carbocycles. The Morgan fingerprint density at radius 2 is 2.00 bits per heavy atom. The molecule has 0 radical (unpaired) electrons. The van der Waals surface area contributed by atoms with Crippen molar-refractivity contribution in [2.75, 3.05) is 19.6 Å². The van der Waals surface area contributed by atoms with E-state index in [4.69, 9.17) is 10.9 Å². The molecule has 14 heavy (non-hydrogen) atoms. The summed E-state index contributed by atoms with van der Waals surface area (Å²) in [6.07, 6.45) is 3.57. The number of nitrogens with zero attached hydrogens (tertiary/aromatic N) is 2. The molecule has 0 bridgehead atoms. The minimum absolute atomic E-state index is 0.197. The number of hydrogen-bond acceptors (Lipinski definition) is 3. The largest absolute Gasteiger partial charge is 0.409 e. The Hall–Kier alpha value is -0.770. The zero-order chi connectivity index (χ0) is 10.6. The molecule has 3 N–H and O–H groups in total. The van der Waals surface area contributed by atoms with Crippen molar-refractivity contribution in [1.29, 1.82) is 0 Å². The van der Waals surface area contributed by atoms with Gasteiger partial charge in [0.15, 0.2) is 0 Å². The Morgan fingerprint density at radius 1 is 1.43 bits per heavy atom. The molecule has 0 atom stereocenters. The molecule has 1 aliphatic heterocycles. The molecular weight excluding hydrogens is 178 g/mol. The maximum atomic E-state index is 8.61. The molecular formula is C10H21N3O. The minimum atomic E-state index is -0.197. The molecule has 1 rings (SSSR count). The first kappa shape index (κ1) is 11.3. The second-order valence-corrected chi connectivity index (χ2v) is 4.67. The van der Waals surface area contributed by atoms with Crippen LogP contribution in [0.15, 0.2) is 5.16 Å². The van der Waals surface area contributed by atoms with Crippen LogP contribution in [0.4, 0.5) is 0 Å². The molecule has 1 heterocycles. The van der Waals surface area contributed by atoms with E-state index < -0.39 is 0 Å². The highest BCUT2D eigenvalue weighted by atomic mass is 16.4. The van der Waals surface area contributed by atoms with Gasteiger partial charge in [0.25, 0.3) is 0 Å². The van der Waals surface area contributed by atoms with E-state index >= 15 is 0 Å². The summed E-state index contributed by atoms with van der Waals surface area (Å²) in [5.41, 5.74) is 5.42. The van der Waals surface area contributed by atoms with Gasteiger partial charge in [-0.25, -0.2) is 0 Å². The predicted octanol–water partition coefficient (Wildman–Crippen LogP) is 1.24. The number of rotatable bonds is 4. The lowest BCUT2D eigenvalue weighted by atomic mass is 9.88. The van der Waals surface area contributed by atoms with Crippen LogP contribution in [-0.2, 0) is 0 Å². The molecule has 0 spiro atoms. The van der Waals surface area contributed by atoms with Crippen LogP contribution in [-0.4, -0.2) is 35.6 Å². The van der Waals surface area contributed by atoms with Crippen LogP contribution in [0.3, 0.4) is 0 Å². The van der Waals surface area contributed by atoms with Crippen LogP contribution in [0.25, 0.3) is 0 Å². The lowest BCUT2D eigenvalue weighted by molar-refractivity contribution is 0.278. The molecule has 0 amide bonds. The Labute approximate surface area is 85.8 Å². The van der Waals surface area contributed by atoms with E-state index in [0.717, 1.165) is 13.0 Å². The first-order chi connectivity index (χ1) is 6.56. The molecule has 1 fully saturated rings. The van der Waals surface area contributed by atoms with Gasteiger partial charge in [0, 0.05) is 5.41 Å². The molecule has 0 aromatic rings. The van der Waals surface area contributed by atoms with Crippen molar-refractivity contribution >= 4 is 5.84 Å². The lowest BCUT2D eigenvalue weighted by Gasteiger charge is -2.25. The molecule has 1 saturated heterocycles. The molecule has 0 saturated carbocycles. The van der Waals surface area contributed by atoms with Crippen LogP contribution in [0.2, 0.25) is 0 Å². The number of amidine groups is 1. The van der Waals surface area contributed by atoms with Crippen molar-refractivity contribution in [2.45, 2.75) is 33.1 Å². The highest BCUT2D eigenvalue weighted by molar-refractivity contribution is 5.85. The third kappa shape index (κ3) is 2.87. The monoisotopic (exact) mass is 199 g/mol. The normalized spacial score (nSPS) is 20.3. The fraction of sp³-hybridized carbons (Fsp3) is 0.900. The van der Waals surface area contributed by atoms with E-state index in [1.54, 1.807) is 0 Å². The van der Waals surface area contributed by atoms with Crippen molar-refractivity contribution in [3.8, 4) is 0 Å². The second kappa shape index (κ2) is 4.64. The zero-order valence-corrected chi connectivity index (χ0v) is 9.16. The number of likely N-dealkylation sites (tertiary alicyclic amines) is 1. The van der Waals surface area contributed by atoms with Crippen molar-refractivity contribution in [2.24, 2.45) is 16.3 Å². The predicted molar refractivity (Wildman–Crippen MR) is 57.5 cm³/mol. The maximum absolute atomic E-state index is 8.61. The summed E-state index contributed by atoms with van der Waals surface area (Å²) in [6.45, 7) is 7.47. The van der Waals surface area contributed by atoms with Gasteiger partial charge >= 0.3 is 0 Å². The fourth-order valence-electron chi connectivity index (χ4n) is 1.71. The highest BCUT2D eigenvalue weighted by Crippen LogP contribution is 2.22. The van der Waals surface area contributed by atoms with Crippen LogP contribution in [0.5, 0.6) is 0 Å². The van der Waals surface area contributed by atoms with Gasteiger partial charge in [-0.2, -0.15) is 0 Å². The van der Waals surface area contributed by atoms with Crippen LogP contribution < -0.4 is 5.73 Å². The average Bonchev–Trinajstić information content (AvgIpc) is 2.66. The highest BCUT2D eigenvalue weighted by Gasteiger charge is 2.24. The van der Waals surface area contributed by atoms with Gasteiger partial charge in [0.1, 0.15) is 5.84 Å². The molecule has 0 aromatic heterocycles. The Balaban J connectivity index is 2.35. The van der Waals surface area contributed by atoms with Crippen molar-refractivity contribution < 1.29 is 5.21 Å². The van der Waals surface area contributed by atoms with E-state index in [9.17, 15) is 0 Å². The van der Waals surface area contributed by atoms with Gasteiger partial charge in [-0.3, -0.25) is 0 Å². The summed E-state index contributed by atoms with van der Waals surface area (Å²) in [4.78, 5) is 2.44. The van der Waals surface area contributed by atoms with E-state index in [-0.39, 0.29) is 5.41 Å². The zero-order valence-electron chi connectivity index (χ0n) is 9.16. The van der Waals surface area contributed by atoms with E-state index in [1.165, 1.54) is 25.9 Å². The Bertz CT molecular complexity index is 207. The topological polar surface area (TPSA) is 61.8 Å². The molecule has 0 aliphatic carbocycles. The SMILES string of the molecule is CC(C)(CCN1CCCC1)C(N)=NO. The van der Waals surface area contributed by atoms with Crippen LogP contribution in [0, 0.1) is 5.41 Å². The molecule has 4 heteroatoms. The molecule has 82 valence electrons. The first-order valence-electron chi connectivity index (χ1n) is 5.26. The van der Waals surface area contributed by atoms with Gasteiger partial charge in [-0.1, -0.05) is 19.0 Å². The van der Waals surface area contributed by atoms with Gasteiger partial charge < -0.3 is 15.8 Å². The van der Waals surface area contributed by atoms with E-state index in [2.05, 4.69) is 10.1 Å². The number of oxime groups is 1. The van der Waals surface area contributed by atoms with Gasteiger partial charge in [-0.15, -0.1) is 0 Å². The summed E-state index contributed by atoms with van der Waals surface area (Å²) in [5.74, 6) is 0.330. The number of hydrogen-bond donors (Lipinski definition) is 2. The summed E-state index contributed by atoms with van der Waals surface area (Å²) in [7, 11) is 0. The smallest absolute Gasteiger partial charge is 0.144 e. The molecule has 4 nitrogen and oxygen atoms in total. The quantitative estimate of drug-likeness (QED) is 0.310. The maximum Gasteiger partial charge on any atom is 0.144 e. The summed E-state index contributed by atoms with van der Waals surface area (Å²) >= 11 is 0. The Kier molecular flexibility index (Phi) is 3.75. The minimum Gasteiger partial charge on any atom is -0.409 e. The summed E-state index contributed by atoms with van der Waals surface area (Å²) in [5, 5.41) is 11.7. The Morgan fingerprint density at radius 3 is 2.50 bits per heavy atom. The van der Waals surface area contributed by atoms with Gasteiger partial charge in [0.05, 0.1) is 0 Å². The first-order valence-corrected chi connectivity index (χ1v) is 5.26. The third-order valence-corrected chi connectivity index (χ3v) is 3.05.